The fourth-order valence-electron chi connectivity index (χ4n) is 3.02. The first kappa shape index (κ1) is 20.6. The van der Waals surface area contributed by atoms with Gasteiger partial charge in [0, 0.05) is 29.4 Å². The van der Waals surface area contributed by atoms with E-state index in [1.165, 1.54) is 23.6 Å². The Morgan fingerprint density at radius 2 is 2.13 bits per heavy atom. The molecule has 0 aromatic carbocycles. The number of carbonyl (C=O) groups is 1. The number of pyridine rings is 2. The van der Waals surface area contributed by atoms with Crippen LogP contribution in [-0.4, -0.2) is 34.1 Å². The Balaban J connectivity index is 1.71. The molecule has 3 aromatic heterocycles. The molecule has 11 heteroatoms. The Bertz CT molecular complexity index is 1090. The van der Waals surface area contributed by atoms with Crippen molar-refractivity contribution in [2.24, 2.45) is 0 Å². The molecule has 0 fully saturated rings. The zero-order valence-corrected chi connectivity index (χ0v) is 17.2. The SMILES string of the molecule is Cc1cc(-c2cc(Cl)ncc2OC(F)F)c(C(=O)Nc2nc3c(s2)COCC3)cn1. The van der Waals surface area contributed by atoms with E-state index in [4.69, 9.17) is 16.3 Å². The average Bonchev–Trinajstić information content (AvgIpc) is 3.11. The van der Waals surface area contributed by atoms with Crippen molar-refractivity contribution in [1.29, 1.82) is 0 Å². The van der Waals surface area contributed by atoms with E-state index in [-0.39, 0.29) is 22.0 Å². The molecule has 3 aromatic rings. The van der Waals surface area contributed by atoms with Crippen LogP contribution in [0.3, 0.4) is 0 Å². The van der Waals surface area contributed by atoms with Gasteiger partial charge in [-0.15, -0.1) is 0 Å². The van der Waals surface area contributed by atoms with E-state index in [9.17, 15) is 13.6 Å². The number of aryl methyl sites for hydroxylation is 1. The summed E-state index contributed by atoms with van der Waals surface area (Å²) in [6.07, 6.45) is 3.15. The highest BCUT2D eigenvalue weighted by Gasteiger charge is 2.22. The van der Waals surface area contributed by atoms with Gasteiger partial charge in [-0.1, -0.05) is 22.9 Å². The second kappa shape index (κ2) is 8.58. The van der Waals surface area contributed by atoms with Gasteiger partial charge in [-0.05, 0) is 19.1 Å². The van der Waals surface area contributed by atoms with Gasteiger partial charge in [0.05, 0.1) is 35.5 Å². The van der Waals surface area contributed by atoms with Crippen molar-refractivity contribution in [3.63, 3.8) is 0 Å². The van der Waals surface area contributed by atoms with Gasteiger partial charge in [0.25, 0.3) is 5.91 Å². The van der Waals surface area contributed by atoms with E-state index in [0.717, 1.165) is 16.8 Å². The quantitative estimate of drug-likeness (QED) is 0.574. The number of halogens is 3. The summed E-state index contributed by atoms with van der Waals surface area (Å²) in [6.45, 7) is -0.289. The van der Waals surface area contributed by atoms with Gasteiger partial charge in [0.15, 0.2) is 10.9 Å². The maximum atomic E-state index is 13.0. The molecule has 0 saturated carbocycles. The number of hydrogen-bond donors (Lipinski definition) is 1. The van der Waals surface area contributed by atoms with Crippen molar-refractivity contribution in [2.75, 3.05) is 11.9 Å². The molecule has 0 atom stereocenters. The smallest absolute Gasteiger partial charge is 0.387 e. The second-order valence-corrected chi connectivity index (χ2v) is 7.87. The monoisotopic (exact) mass is 452 g/mol. The van der Waals surface area contributed by atoms with E-state index < -0.39 is 12.5 Å². The van der Waals surface area contributed by atoms with Crippen LogP contribution in [0.1, 0.15) is 26.6 Å². The molecule has 1 aliphatic heterocycles. The number of nitrogens with zero attached hydrogens (tertiary/aromatic N) is 3. The second-order valence-electron chi connectivity index (χ2n) is 6.40. The minimum absolute atomic E-state index is 0.0695. The number of rotatable bonds is 5. The molecule has 4 heterocycles. The number of aromatic nitrogens is 3. The summed E-state index contributed by atoms with van der Waals surface area (Å²) in [6, 6.07) is 2.96. The van der Waals surface area contributed by atoms with Crippen LogP contribution in [0, 0.1) is 6.92 Å². The molecular formula is C19H15ClF2N4O3S. The van der Waals surface area contributed by atoms with Gasteiger partial charge in [-0.25, -0.2) is 9.97 Å². The normalized spacial score (nSPS) is 13.2. The largest absolute Gasteiger partial charge is 0.433 e. The molecule has 0 unspecified atom stereocenters. The first-order chi connectivity index (χ1) is 14.4. The number of anilines is 1. The van der Waals surface area contributed by atoms with Gasteiger partial charge in [-0.2, -0.15) is 8.78 Å². The highest BCUT2D eigenvalue weighted by atomic mass is 35.5. The molecule has 1 N–H and O–H groups in total. The highest BCUT2D eigenvalue weighted by molar-refractivity contribution is 7.15. The van der Waals surface area contributed by atoms with Gasteiger partial charge in [0.1, 0.15) is 5.15 Å². The Morgan fingerprint density at radius 3 is 2.90 bits per heavy atom. The molecule has 0 radical (unpaired) electrons. The summed E-state index contributed by atoms with van der Waals surface area (Å²) in [5.41, 5.74) is 2.19. The van der Waals surface area contributed by atoms with Crippen molar-refractivity contribution in [3.8, 4) is 16.9 Å². The van der Waals surface area contributed by atoms with Crippen molar-refractivity contribution in [2.45, 2.75) is 26.6 Å². The van der Waals surface area contributed by atoms with Gasteiger partial charge in [-0.3, -0.25) is 15.1 Å². The standard InChI is InChI=1S/C19H15ClF2N4O3S/c1-9-4-10(11-5-16(20)24-7-14(11)29-18(21)22)12(6-23-9)17(27)26-19-25-13-2-3-28-8-15(13)30-19/h4-7,18H,2-3,8H2,1H3,(H,25,26,27). The summed E-state index contributed by atoms with van der Waals surface area (Å²) >= 11 is 7.31. The maximum absolute atomic E-state index is 13.0. The van der Waals surface area contributed by atoms with Crippen LogP contribution in [-0.2, 0) is 17.8 Å². The lowest BCUT2D eigenvalue weighted by molar-refractivity contribution is -0.0496. The Labute approximate surface area is 179 Å². The number of nitrogens with one attached hydrogen (secondary N) is 1. The summed E-state index contributed by atoms with van der Waals surface area (Å²) in [7, 11) is 0. The van der Waals surface area contributed by atoms with E-state index >= 15 is 0 Å². The van der Waals surface area contributed by atoms with Crippen LogP contribution in [0.25, 0.3) is 11.1 Å². The van der Waals surface area contributed by atoms with Crippen molar-refractivity contribution >= 4 is 34.0 Å². The minimum atomic E-state index is -3.06. The number of hydrogen-bond acceptors (Lipinski definition) is 7. The maximum Gasteiger partial charge on any atom is 0.387 e. The lowest BCUT2D eigenvalue weighted by Gasteiger charge is -2.14. The Hall–Kier alpha value is -2.69. The number of carbonyl (C=O) groups excluding carboxylic acids is 1. The molecule has 156 valence electrons. The number of thiazole rings is 1. The Morgan fingerprint density at radius 1 is 1.30 bits per heavy atom. The molecule has 30 heavy (non-hydrogen) atoms. The lowest BCUT2D eigenvalue weighted by atomic mass is 10.0. The molecule has 1 amide bonds. The van der Waals surface area contributed by atoms with E-state index in [0.29, 0.717) is 36.0 Å². The predicted octanol–water partition coefficient (Wildman–Crippen LogP) is 4.49. The van der Waals surface area contributed by atoms with Crippen LogP contribution >= 0.6 is 22.9 Å². The zero-order valence-electron chi connectivity index (χ0n) is 15.6. The summed E-state index contributed by atoms with van der Waals surface area (Å²) < 4.78 is 35.7. The van der Waals surface area contributed by atoms with Crippen LogP contribution in [0.2, 0.25) is 5.15 Å². The zero-order chi connectivity index (χ0) is 21.3. The molecule has 7 nitrogen and oxygen atoms in total. The van der Waals surface area contributed by atoms with Gasteiger partial charge < -0.3 is 9.47 Å². The third-order valence-corrected chi connectivity index (χ3v) is 5.53. The van der Waals surface area contributed by atoms with Crippen molar-refractivity contribution in [3.05, 3.63) is 51.5 Å². The topological polar surface area (TPSA) is 86.2 Å². The van der Waals surface area contributed by atoms with Crippen LogP contribution in [0.5, 0.6) is 5.75 Å². The molecular weight excluding hydrogens is 438 g/mol. The number of ether oxygens (including phenoxy) is 2. The number of fused-ring (bicyclic) bond motifs is 1. The van der Waals surface area contributed by atoms with Gasteiger partial charge >= 0.3 is 6.61 Å². The van der Waals surface area contributed by atoms with E-state index in [1.807, 2.05) is 0 Å². The lowest BCUT2D eigenvalue weighted by Crippen LogP contribution is -2.14. The third-order valence-electron chi connectivity index (χ3n) is 4.34. The molecule has 0 bridgehead atoms. The fourth-order valence-corrected chi connectivity index (χ4v) is 4.12. The average molecular weight is 453 g/mol. The fraction of sp³-hybridized carbons (Fsp3) is 0.263. The van der Waals surface area contributed by atoms with Crippen molar-refractivity contribution in [1.82, 2.24) is 15.0 Å². The molecule has 0 saturated heterocycles. The van der Waals surface area contributed by atoms with Crippen molar-refractivity contribution < 1.29 is 23.0 Å². The first-order valence-electron chi connectivity index (χ1n) is 8.85. The van der Waals surface area contributed by atoms with Crippen LogP contribution in [0.4, 0.5) is 13.9 Å². The number of amides is 1. The van der Waals surface area contributed by atoms with Crippen LogP contribution in [0.15, 0.2) is 24.5 Å². The molecule has 0 aliphatic carbocycles. The Kier molecular flexibility index (Phi) is 5.89. The molecule has 0 spiro atoms. The van der Waals surface area contributed by atoms with E-state index in [2.05, 4.69) is 25.0 Å². The number of alkyl halides is 2. The van der Waals surface area contributed by atoms with Crippen LogP contribution < -0.4 is 10.1 Å². The summed E-state index contributed by atoms with van der Waals surface area (Å²) in [5.74, 6) is -0.684. The summed E-state index contributed by atoms with van der Waals surface area (Å²) in [4.78, 5) is 26.4. The van der Waals surface area contributed by atoms with E-state index in [1.54, 1.807) is 13.0 Å². The first-order valence-corrected chi connectivity index (χ1v) is 10.0. The predicted molar refractivity (Wildman–Crippen MR) is 107 cm³/mol. The highest BCUT2D eigenvalue weighted by Crippen LogP contribution is 2.35. The summed E-state index contributed by atoms with van der Waals surface area (Å²) in [5, 5.41) is 3.25. The molecule has 4 rings (SSSR count). The van der Waals surface area contributed by atoms with Gasteiger partial charge in [0.2, 0.25) is 0 Å². The minimum Gasteiger partial charge on any atom is -0.433 e. The third kappa shape index (κ3) is 4.40. The molecule has 1 aliphatic rings.